The third-order valence-corrected chi connectivity index (χ3v) is 7.45. The number of benzene rings is 2. The van der Waals surface area contributed by atoms with Crippen molar-refractivity contribution in [3.63, 3.8) is 0 Å². The third kappa shape index (κ3) is 3.01. The van der Waals surface area contributed by atoms with Crippen LogP contribution in [0, 0.1) is 22.0 Å². The Balaban J connectivity index is 1.65. The van der Waals surface area contributed by atoms with E-state index in [9.17, 15) is 24.5 Å². The summed E-state index contributed by atoms with van der Waals surface area (Å²) in [5.41, 5.74) is 2.94. The molecule has 2 aromatic carbocycles. The molecule has 5 rings (SSSR count). The van der Waals surface area contributed by atoms with Crippen molar-refractivity contribution >= 4 is 34.5 Å². The van der Waals surface area contributed by atoms with E-state index < -0.39 is 28.8 Å². The lowest BCUT2D eigenvalue weighted by atomic mass is 9.85. The van der Waals surface area contributed by atoms with Crippen LogP contribution in [0.15, 0.2) is 54.6 Å². The summed E-state index contributed by atoms with van der Waals surface area (Å²) >= 11 is 0. The van der Waals surface area contributed by atoms with Gasteiger partial charge in [-0.15, -0.1) is 0 Å². The molecule has 2 saturated heterocycles. The van der Waals surface area contributed by atoms with Crippen LogP contribution in [0.25, 0.3) is 5.57 Å². The molecule has 3 aliphatic heterocycles. The Kier molecular flexibility index (Phi) is 5.11. The summed E-state index contributed by atoms with van der Waals surface area (Å²) in [6, 6.07) is 11.6. The second-order valence-corrected chi connectivity index (χ2v) is 9.23. The van der Waals surface area contributed by atoms with Crippen molar-refractivity contribution in [1.29, 1.82) is 0 Å². The number of nitro benzene ring substituents is 1. The zero-order chi connectivity index (χ0) is 24.3. The highest BCUT2D eigenvalue weighted by Gasteiger charge is 2.64. The minimum absolute atomic E-state index is 0.115. The highest BCUT2D eigenvalue weighted by molar-refractivity contribution is 6.14. The molecule has 0 N–H and O–H groups in total. The Labute approximate surface area is 197 Å². The first kappa shape index (κ1) is 22.0. The number of para-hydroxylation sites is 1. The number of non-ortho nitro benzene ring substituents is 1. The molecule has 5 atom stereocenters. The number of carbonyl (C=O) groups is 3. The molecule has 0 saturated carbocycles. The fourth-order valence-corrected chi connectivity index (χ4v) is 5.66. The standard InChI is InChI=1S/C26H25N3O5/c1-4-15(3)27-25(31)21-20-13-14(2)18-7-5-6-8-19(18)28(20)23(22(21)26(27)32)24(30)16-9-11-17(12-10-16)29(33)34/h5-13,15,20-23H,4H2,1-3H3/t15-,20+,21-,22-,23-/m0/s1. The average molecular weight is 460 g/mol. The summed E-state index contributed by atoms with van der Waals surface area (Å²) in [4.78, 5) is 54.9. The number of carbonyl (C=O) groups excluding carboxylic acids is 3. The van der Waals surface area contributed by atoms with E-state index in [1.165, 1.54) is 29.2 Å². The van der Waals surface area contributed by atoms with Gasteiger partial charge < -0.3 is 4.90 Å². The van der Waals surface area contributed by atoms with Crippen LogP contribution in [0.2, 0.25) is 0 Å². The number of fused-ring (bicyclic) bond motifs is 5. The first-order chi connectivity index (χ1) is 16.3. The molecule has 0 spiro atoms. The van der Waals surface area contributed by atoms with Crippen LogP contribution in [-0.4, -0.2) is 45.5 Å². The van der Waals surface area contributed by atoms with Crippen molar-refractivity contribution in [1.82, 2.24) is 4.90 Å². The van der Waals surface area contributed by atoms with Gasteiger partial charge in [0.05, 0.1) is 22.8 Å². The number of nitrogens with zero attached hydrogens (tertiary/aromatic N) is 3. The zero-order valence-corrected chi connectivity index (χ0v) is 19.2. The number of allylic oxidation sites excluding steroid dienone is 1. The van der Waals surface area contributed by atoms with Gasteiger partial charge in [0, 0.05) is 35.0 Å². The average Bonchev–Trinajstić information content (AvgIpc) is 3.31. The van der Waals surface area contributed by atoms with Crippen LogP contribution in [0.3, 0.4) is 0 Å². The van der Waals surface area contributed by atoms with Crippen molar-refractivity contribution in [3.05, 3.63) is 75.8 Å². The summed E-state index contributed by atoms with van der Waals surface area (Å²) in [7, 11) is 0. The second kappa shape index (κ2) is 7.90. The van der Waals surface area contributed by atoms with Crippen molar-refractivity contribution in [2.45, 2.75) is 45.3 Å². The summed E-state index contributed by atoms with van der Waals surface area (Å²) in [6.45, 7) is 5.75. The van der Waals surface area contributed by atoms with Gasteiger partial charge in [0.2, 0.25) is 11.8 Å². The van der Waals surface area contributed by atoms with Crippen molar-refractivity contribution in [3.8, 4) is 0 Å². The molecule has 0 radical (unpaired) electrons. The molecule has 2 amide bonds. The number of nitro groups is 1. The molecular weight excluding hydrogens is 434 g/mol. The number of Topliss-reactive ketones (excluding diaryl/α,β-unsaturated/α-hetero) is 1. The van der Waals surface area contributed by atoms with Crippen molar-refractivity contribution in [2.75, 3.05) is 4.90 Å². The summed E-state index contributed by atoms with van der Waals surface area (Å²) < 4.78 is 0. The third-order valence-electron chi connectivity index (χ3n) is 7.45. The van der Waals surface area contributed by atoms with Gasteiger partial charge in [0.15, 0.2) is 5.78 Å². The number of rotatable bonds is 5. The van der Waals surface area contributed by atoms with Gasteiger partial charge in [-0.3, -0.25) is 29.4 Å². The molecule has 0 aliphatic carbocycles. The number of likely N-dealkylation sites (tertiary alicyclic amines) is 1. The molecule has 3 heterocycles. The molecule has 0 aromatic heterocycles. The molecular formula is C26H25N3O5. The molecule has 8 nitrogen and oxygen atoms in total. The minimum atomic E-state index is -0.882. The van der Waals surface area contributed by atoms with Crippen LogP contribution in [-0.2, 0) is 9.59 Å². The Bertz CT molecular complexity index is 1250. The first-order valence-electron chi connectivity index (χ1n) is 11.5. The van der Waals surface area contributed by atoms with E-state index in [4.69, 9.17) is 0 Å². The van der Waals surface area contributed by atoms with Gasteiger partial charge in [0.25, 0.3) is 5.69 Å². The maximum atomic E-state index is 13.9. The topological polar surface area (TPSA) is 101 Å². The quantitative estimate of drug-likeness (QED) is 0.291. The SMILES string of the molecule is CC[C@H](C)N1C(=O)[C@@H]2[C@H](C1=O)[C@@H](C(=O)c1ccc([N+](=O)[O-])cc1)N1c3ccccc3C(C)=C[C@H]21. The minimum Gasteiger partial charge on any atom is -0.352 e. The van der Waals surface area contributed by atoms with Crippen molar-refractivity contribution < 1.29 is 19.3 Å². The van der Waals surface area contributed by atoms with E-state index in [0.717, 1.165) is 16.8 Å². The number of imide groups is 1. The lowest BCUT2D eigenvalue weighted by molar-refractivity contribution is -0.384. The molecule has 2 fully saturated rings. The molecule has 8 heteroatoms. The Morgan fingerprint density at radius 2 is 1.71 bits per heavy atom. The highest BCUT2D eigenvalue weighted by Crippen LogP contribution is 2.50. The monoisotopic (exact) mass is 459 g/mol. The van der Waals surface area contributed by atoms with Gasteiger partial charge in [-0.05, 0) is 44.0 Å². The molecule has 0 bridgehead atoms. The van der Waals surface area contributed by atoms with E-state index in [1.54, 1.807) is 0 Å². The summed E-state index contributed by atoms with van der Waals surface area (Å²) in [5.74, 6) is -2.34. The number of anilines is 1. The van der Waals surface area contributed by atoms with E-state index in [2.05, 4.69) is 0 Å². The van der Waals surface area contributed by atoms with E-state index in [-0.39, 0.29) is 34.9 Å². The van der Waals surface area contributed by atoms with Gasteiger partial charge >= 0.3 is 0 Å². The maximum Gasteiger partial charge on any atom is 0.269 e. The Morgan fingerprint density at radius 1 is 1.06 bits per heavy atom. The molecule has 174 valence electrons. The fourth-order valence-electron chi connectivity index (χ4n) is 5.66. The van der Waals surface area contributed by atoms with Crippen molar-refractivity contribution in [2.24, 2.45) is 11.8 Å². The molecule has 3 aliphatic rings. The smallest absolute Gasteiger partial charge is 0.269 e. The van der Waals surface area contributed by atoms with E-state index >= 15 is 0 Å². The Hall–Kier alpha value is -3.81. The van der Waals surface area contributed by atoms with E-state index in [1.807, 2.05) is 56.0 Å². The van der Waals surface area contributed by atoms with Gasteiger partial charge in [-0.1, -0.05) is 31.2 Å². The van der Waals surface area contributed by atoms with Crippen LogP contribution in [0.4, 0.5) is 11.4 Å². The van der Waals surface area contributed by atoms with Crippen LogP contribution < -0.4 is 4.90 Å². The maximum absolute atomic E-state index is 13.9. The fraction of sp³-hybridized carbons (Fsp3) is 0.346. The van der Waals surface area contributed by atoms with Crippen LogP contribution in [0.1, 0.15) is 43.1 Å². The molecule has 0 unspecified atom stereocenters. The highest BCUT2D eigenvalue weighted by atomic mass is 16.6. The van der Waals surface area contributed by atoms with Gasteiger partial charge in [0.1, 0.15) is 6.04 Å². The summed E-state index contributed by atoms with van der Waals surface area (Å²) in [5, 5.41) is 11.1. The zero-order valence-electron chi connectivity index (χ0n) is 19.2. The van der Waals surface area contributed by atoms with Gasteiger partial charge in [-0.2, -0.15) is 0 Å². The van der Waals surface area contributed by atoms with Crippen LogP contribution in [0.5, 0.6) is 0 Å². The number of hydrogen-bond donors (Lipinski definition) is 0. The lowest BCUT2D eigenvalue weighted by Gasteiger charge is -2.38. The normalized spacial score (nSPS) is 26.0. The van der Waals surface area contributed by atoms with Gasteiger partial charge in [-0.25, -0.2) is 0 Å². The number of ketones is 1. The number of amides is 2. The molecule has 2 aromatic rings. The molecule has 34 heavy (non-hydrogen) atoms. The summed E-state index contributed by atoms with van der Waals surface area (Å²) in [6.07, 6.45) is 2.62. The predicted octanol–water partition coefficient (Wildman–Crippen LogP) is 3.85. The largest absolute Gasteiger partial charge is 0.352 e. The Morgan fingerprint density at radius 3 is 2.35 bits per heavy atom. The second-order valence-electron chi connectivity index (χ2n) is 9.23. The van der Waals surface area contributed by atoms with E-state index in [0.29, 0.717) is 6.42 Å². The van der Waals surface area contributed by atoms with Crippen LogP contribution >= 0.6 is 0 Å². The number of hydrogen-bond acceptors (Lipinski definition) is 6. The first-order valence-corrected chi connectivity index (χ1v) is 11.5. The lowest BCUT2D eigenvalue weighted by Crippen LogP contribution is -2.50. The predicted molar refractivity (Wildman–Crippen MR) is 126 cm³/mol.